The van der Waals surface area contributed by atoms with Gasteiger partial charge in [-0.05, 0) is 46.8 Å². The van der Waals surface area contributed by atoms with Gasteiger partial charge in [0, 0.05) is 11.9 Å². The average Bonchev–Trinajstić information content (AvgIpc) is 3.02. The van der Waals surface area contributed by atoms with Crippen LogP contribution in [-0.4, -0.2) is 34.9 Å². The summed E-state index contributed by atoms with van der Waals surface area (Å²) in [5, 5.41) is 14.9. The molecule has 0 atom stereocenters. The van der Waals surface area contributed by atoms with Gasteiger partial charge in [0.2, 0.25) is 0 Å². The Morgan fingerprint density at radius 2 is 1.74 bits per heavy atom. The van der Waals surface area contributed by atoms with Crippen molar-refractivity contribution in [2.24, 2.45) is 0 Å². The molecule has 0 radical (unpaired) electrons. The van der Waals surface area contributed by atoms with Crippen LogP contribution in [0.15, 0.2) is 59.5 Å². The van der Waals surface area contributed by atoms with E-state index in [9.17, 15) is 8.42 Å². The molecule has 1 heterocycles. The van der Waals surface area contributed by atoms with Crippen LogP contribution >= 0.6 is 0 Å². The van der Waals surface area contributed by atoms with Gasteiger partial charge in [-0.3, -0.25) is 0 Å². The van der Waals surface area contributed by atoms with Crippen molar-refractivity contribution in [2.75, 3.05) is 11.6 Å². The number of para-hydroxylation sites is 1. The van der Waals surface area contributed by atoms with Crippen molar-refractivity contribution in [2.45, 2.75) is 11.4 Å². The molecule has 8 heteroatoms. The van der Waals surface area contributed by atoms with Crippen molar-refractivity contribution in [1.82, 2.24) is 20.2 Å². The lowest BCUT2D eigenvalue weighted by molar-refractivity contribution is 0.602. The number of benzene rings is 2. The number of tetrazole rings is 1. The zero-order valence-electron chi connectivity index (χ0n) is 12.4. The molecule has 0 spiro atoms. The van der Waals surface area contributed by atoms with Crippen LogP contribution in [0.2, 0.25) is 0 Å². The first kappa shape index (κ1) is 15.2. The summed E-state index contributed by atoms with van der Waals surface area (Å²) in [6.45, 7) is 0.449. The highest BCUT2D eigenvalue weighted by Gasteiger charge is 2.10. The van der Waals surface area contributed by atoms with Crippen molar-refractivity contribution in [3.63, 3.8) is 0 Å². The molecule has 118 valence electrons. The Hall–Kier alpha value is -2.74. The highest BCUT2D eigenvalue weighted by atomic mass is 32.2. The number of hydrogen-bond acceptors (Lipinski definition) is 6. The first-order chi connectivity index (χ1) is 11.0. The van der Waals surface area contributed by atoms with Gasteiger partial charge in [-0.15, -0.1) is 5.10 Å². The van der Waals surface area contributed by atoms with E-state index in [1.807, 2.05) is 30.3 Å². The maximum atomic E-state index is 11.5. The van der Waals surface area contributed by atoms with Crippen LogP contribution in [0.1, 0.15) is 5.82 Å². The summed E-state index contributed by atoms with van der Waals surface area (Å²) in [4.78, 5) is 0.262. The van der Waals surface area contributed by atoms with E-state index in [1.165, 1.54) is 6.26 Å². The first-order valence-electron chi connectivity index (χ1n) is 6.91. The highest BCUT2D eigenvalue weighted by Crippen LogP contribution is 2.14. The smallest absolute Gasteiger partial charge is 0.175 e. The van der Waals surface area contributed by atoms with Crippen LogP contribution in [0.25, 0.3) is 5.69 Å². The van der Waals surface area contributed by atoms with Crippen molar-refractivity contribution < 1.29 is 8.42 Å². The summed E-state index contributed by atoms with van der Waals surface area (Å²) in [5.41, 5.74) is 1.67. The summed E-state index contributed by atoms with van der Waals surface area (Å²) < 4.78 is 24.6. The Kier molecular flexibility index (Phi) is 4.07. The van der Waals surface area contributed by atoms with Crippen LogP contribution in [0.3, 0.4) is 0 Å². The number of aromatic nitrogens is 4. The molecular weight excluding hydrogens is 314 g/mol. The molecular formula is C15H15N5O2S. The number of hydrogen-bond donors (Lipinski definition) is 1. The summed E-state index contributed by atoms with van der Waals surface area (Å²) in [7, 11) is -3.22. The molecule has 1 aromatic heterocycles. The number of nitrogens with one attached hydrogen (secondary N) is 1. The third-order valence-corrected chi connectivity index (χ3v) is 4.40. The monoisotopic (exact) mass is 329 g/mol. The Morgan fingerprint density at radius 1 is 1.04 bits per heavy atom. The molecule has 0 saturated heterocycles. The fourth-order valence-electron chi connectivity index (χ4n) is 2.09. The Bertz CT molecular complexity index is 889. The number of sulfone groups is 1. The fraction of sp³-hybridized carbons (Fsp3) is 0.133. The van der Waals surface area contributed by atoms with Gasteiger partial charge in [-0.2, -0.15) is 4.68 Å². The predicted molar refractivity (Wildman–Crippen MR) is 86.0 cm³/mol. The zero-order chi connectivity index (χ0) is 16.3. The molecule has 0 saturated carbocycles. The van der Waals surface area contributed by atoms with Gasteiger partial charge >= 0.3 is 0 Å². The minimum atomic E-state index is -3.22. The van der Waals surface area contributed by atoms with Crippen LogP contribution in [-0.2, 0) is 16.4 Å². The predicted octanol–water partition coefficient (Wildman–Crippen LogP) is 1.68. The quantitative estimate of drug-likeness (QED) is 0.766. The van der Waals surface area contributed by atoms with E-state index in [4.69, 9.17) is 0 Å². The van der Waals surface area contributed by atoms with E-state index in [2.05, 4.69) is 20.8 Å². The van der Waals surface area contributed by atoms with Gasteiger partial charge in [0.25, 0.3) is 0 Å². The van der Waals surface area contributed by atoms with Gasteiger partial charge in [-0.25, -0.2) is 8.42 Å². The molecule has 23 heavy (non-hydrogen) atoms. The molecule has 0 unspecified atom stereocenters. The third kappa shape index (κ3) is 3.54. The molecule has 7 nitrogen and oxygen atoms in total. The SMILES string of the molecule is CS(=O)(=O)c1ccc(-n2nnnc2CNc2ccccc2)cc1. The van der Waals surface area contributed by atoms with Gasteiger partial charge in [0.05, 0.1) is 17.1 Å². The third-order valence-electron chi connectivity index (χ3n) is 3.27. The van der Waals surface area contributed by atoms with Crippen LogP contribution in [0, 0.1) is 0 Å². The standard InChI is InChI=1S/C15H15N5O2S/c1-23(21,22)14-9-7-13(8-10-14)20-15(17-18-19-20)11-16-12-5-3-2-4-6-12/h2-10,16H,11H2,1H3. The number of rotatable bonds is 5. The number of nitrogens with zero attached hydrogens (tertiary/aromatic N) is 4. The van der Waals surface area contributed by atoms with Crippen molar-refractivity contribution in [3.8, 4) is 5.69 Å². The molecule has 2 aromatic carbocycles. The highest BCUT2D eigenvalue weighted by molar-refractivity contribution is 7.90. The lowest BCUT2D eigenvalue weighted by atomic mass is 10.3. The number of anilines is 1. The van der Waals surface area contributed by atoms with Gasteiger partial charge in [0.1, 0.15) is 0 Å². The van der Waals surface area contributed by atoms with Crippen molar-refractivity contribution >= 4 is 15.5 Å². The molecule has 0 amide bonds. The Balaban J connectivity index is 1.80. The van der Waals surface area contributed by atoms with E-state index in [-0.39, 0.29) is 4.90 Å². The normalized spacial score (nSPS) is 11.3. The molecule has 3 rings (SSSR count). The second kappa shape index (κ2) is 6.17. The van der Waals surface area contributed by atoms with E-state index in [0.29, 0.717) is 18.1 Å². The van der Waals surface area contributed by atoms with E-state index in [1.54, 1.807) is 28.9 Å². The summed E-state index contributed by atoms with van der Waals surface area (Å²) in [6, 6.07) is 16.2. The van der Waals surface area contributed by atoms with Crippen LogP contribution in [0.4, 0.5) is 5.69 Å². The molecule has 0 aliphatic rings. The van der Waals surface area contributed by atoms with Gasteiger partial charge < -0.3 is 5.32 Å². The van der Waals surface area contributed by atoms with Gasteiger partial charge in [-0.1, -0.05) is 18.2 Å². The maximum absolute atomic E-state index is 11.5. The van der Waals surface area contributed by atoms with Gasteiger partial charge in [0.15, 0.2) is 15.7 Å². The van der Waals surface area contributed by atoms with Crippen molar-refractivity contribution in [1.29, 1.82) is 0 Å². The lowest BCUT2D eigenvalue weighted by Crippen LogP contribution is -2.09. The summed E-state index contributed by atoms with van der Waals surface area (Å²) in [5.74, 6) is 0.626. The Labute approximate surface area is 133 Å². The lowest BCUT2D eigenvalue weighted by Gasteiger charge is -2.07. The molecule has 0 aliphatic heterocycles. The fourth-order valence-corrected chi connectivity index (χ4v) is 2.72. The largest absolute Gasteiger partial charge is 0.378 e. The van der Waals surface area contributed by atoms with Crippen molar-refractivity contribution in [3.05, 3.63) is 60.4 Å². The summed E-state index contributed by atoms with van der Waals surface area (Å²) >= 11 is 0. The molecule has 3 aromatic rings. The summed E-state index contributed by atoms with van der Waals surface area (Å²) in [6.07, 6.45) is 1.17. The second-order valence-corrected chi connectivity index (χ2v) is 7.01. The topological polar surface area (TPSA) is 89.8 Å². The molecule has 0 bridgehead atoms. The van der Waals surface area contributed by atoms with E-state index >= 15 is 0 Å². The second-order valence-electron chi connectivity index (χ2n) is 4.99. The molecule has 1 N–H and O–H groups in total. The first-order valence-corrected chi connectivity index (χ1v) is 8.80. The van der Waals surface area contributed by atoms with E-state index in [0.717, 1.165) is 5.69 Å². The van der Waals surface area contributed by atoms with Crippen LogP contribution < -0.4 is 5.32 Å². The van der Waals surface area contributed by atoms with E-state index < -0.39 is 9.84 Å². The van der Waals surface area contributed by atoms with Crippen LogP contribution in [0.5, 0.6) is 0 Å². The minimum absolute atomic E-state index is 0.262. The minimum Gasteiger partial charge on any atom is -0.378 e. The maximum Gasteiger partial charge on any atom is 0.175 e. The average molecular weight is 329 g/mol. The molecule has 0 aliphatic carbocycles. The Morgan fingerprint density at radius 3 is 2.39 bits per heavy atom. The molecule has 0 fully saturated rings. The zero-order valence-corrected chi connectivity index (χ0v) is 13.2.